The molecule has 6 rings (SSSR count). The predicted molar refractivity (Wildman–Crippen MR) is 141 cm³/mol. The second kappa shape index (κ2) is 9.09. The summed E-state index contributed by atoms with van der Waals surface area (Å²) in [6, 6.07) is 24.3. The van der Waals surface area contributed by atoms with Crippen LogP contribution in [0, 0.1) is 5.92 Å². The Morgan fingerprint density at radius 1 is 0.806 bits per heavy atom. The monoisotopic (exact) mass is 582 g/mol. The number of fused-ring (bicyclic) bond motifs is 1. The highest BCUT2D eigenvalue weighted by atomic mass is 79.9. The molecule has 0 bridgehead atoms. The van der Waals surface area contributed by atoms with Crippen molar-refractivity contribution in [1.29, 1.82) is 0 Å². The number of imide groups is 1. The van der Waals surface area contributed by atoms with Crippen molar-refractivity contribution in [2.75, 3.05) is 9.96 Å². The minimum absolute atomic E-state index is 0.352. The highest BCUT2D eigenvalue weighted by Gasteiger charge is 2.61. The van der Waals surface area contributed by atoms with Gasteiger partial charge in [0.2, 0.25) is 5.91 Å². The first-order valence-electron chi connectivity index (χ1n) is 11.1. The molecule has 3 aromatic carbocycles. The van der Waals surface area contributed by atoms with Crippen LogP contribution in [0.2, 0.25) is 10.0 Å². The Hall–Kier alpha value is -3.10. The highest BCUT2D eigenvalue weighted by Crippen LogP contribution is 2.48. The van der Waals surface area contributed by atoms with Gasteiger partial charge in [-0.05, 0) is 66.7 Å². The molecule has 2 amide bonds. The second-order valence-corrected chi connectivity index (χ2v) is 10.2. The lowest BCUT2D eigenvalue weighted by atomic mass is 9.94. The van der Waals surface area contributed by atoms with E-state index in [4.69, 9.17) is 32.5 Å². The largest absolute Gasteiger partial charge is 0.459 e. The third-order valence-electron chi connectivity index (χ3n) is 6.32. The fourth-order valence-electron chi connectivity index (χ4n) is 4.69. The molecular formula is C27H17BrCl2N2O4. The molecule has 0 aliphatic carbocycles. The quantitative estimate of drug-likeness (QED) is 0.240. The molecule has 0 saturated carbocycles. The van der Waals surface area contributed by atoms with Crippen LogP contribution in [0.5, 0.6) is 0 Å². The van der Waals surface area contributed by atoms with Gasteiger partial charge in [-0.25, -0.2) is 9.96 Å². The van der Waals surface area contributed by atoms with Gasteiger partial charge in [0.25, 0.3) is 5.91 Å². The van der Waals surface area contributed by atoms with Gasteiger partial charge in [0.1, 0.15) is 23.5 Å². The zero-order chi connectivity index (χ0) is 25.0. The number of hydrogen-bond acceptors (Lipinski definition) is 5. The zero-order valence-corrected chi connectivity index (χ0v) is 21.6. The van der Waals surface area contributed by atoms with E-state index in [9.17, 15) is 9.59 Å². The Morgan fingerprint density at radius 3 is 2.31 bits per heavy atom. The average Bonchev–Trinajstić information content (AvgIpc) is 3.57. The Bertz CT molecular complexity index is 1470. The summed E-state index contributed by atoms with van der Waals surface area (Å²) >= 11 is 16.0. The molecule has 0 radical (unpaired) electrons. The van der Waals surface area contributed by atoms with E-state index in [0.29, 0.717) is 38.5 Å². The maximum Gasteiger partial charge on any atom is 0.266 e. The van der Waals surface area contributed by atoms with Crippen LogP contribution in [0.3, 0.4) is 0 Å². The molecule has 180 valence electrons. The molecule has 0 unspecified atom stereocenters. The van der Waals surface area contributed by atoms with E-state index in [2.05, 4.69) is 15.9 Å². The molecule has 0 spiro atoms. The summed E-state index contributed by atoms with van der Waals surface area (Å²) in [7, 11) is 0. The van der Waals surface area contributed by atoms with Gasteiger partial charge in [-0.15, -0.1) is 0 Å². The molecule has 2 fully saturated rings. The molecule has 6 nitrogen and oxygen atoms in total. The van der Waals surface area contributed by atoms with Gasteiger partial charge in [-0.3, -0.25) is 14.4 Å². The van der Waals surface area contributed by atoms with Crippen molar-refractivity contribution < 1.29 is 18.8 Å². The van der Waals surface area contributed by atoms with Gasteiger partial charge >= 0.3 is 0 Å². The van der Waals surface area contributed by atoms with Gasteiger partial charge in [0.15, 0.2) is 6.10 Å². The van der Waals surface area contributed by atoms with Crippen molar-refractivity contribution >= 4 is 62.3 Å². The molecule has 3 atom stereocenters. The van der Waals surface area contributed by atoms with Crippen molar-refractivity contribution in [1.82, 2.24) is 0 Å². The minimum Gasteiger partial charge on any atom is -0.459 e. The van der Waals surface area contributed by atoms with Crippen molar-refractivity contribution in [3.63, 3.8) is 0 Å². The van der Waals surface area contributed by atoms with Crippen LogP contribution in [0.4, 0.5) is 11.4 Å². The normalized spacial score (nSPS) is 21.4. The van der Waals surface area contributed by atoms with Crippen LogP contribution < -0.4 is 9.96 Å². The van der Waals surface area contributed by atoms with E-state index in [1.807, 2.05) is 30.3 Å². The summed E-state index contributed by atoms with van der Waals surface area (Å²) in [5.41, 5.74) is 1.82. The van der Waals surface area contributed by atoms with Gasteiger partial charge < -0.3 is 4.42 Å². The van der Waals surface area contributed by atoms with Crippen LogP contribution in [-0.4, -0.2) is 17.9 Å². The van der Waals surface area contributed by atoms with Crippen LogP contribution in [0.15, 0.2) is 93.8 Å². The first-order valence-corrected chi connectivity index (χ1v) is 12.7. The first kappa shape index (κ1) is 23.3. The molecule has 2 aliphatic heterocycles. The van der Waals surface area contributed by atoms with Gasteiger partial charge in [0, 0.05) is 15.1 Å². The smallest absolute Gasteiger partial charge is 0.266 e. The summed E-state index contributed by atoms with van der Waals surface area (Å²) in [4.78, 5) is 34.5. The summed E-state index contributed by atoms with van der Waals surface area (Å²) in [5.74, 6) is -0.614. The SMILES string of the molecule is O=C1[C@@H]2[C@@H](ON(c3ccccc3)[C@H]2c2ccc(-c3cc(Cl)ccc3Cl)o2)C(=O)N1c1ccc(Br)cc1. The fourth-order valence-corrected chi connectivity index (χ4v) is 5.34. The molecule has 36 heavy (non-hydrogen) atoms. The number of halogens is 3. The molecular weight excluding hydrogens is 567 g/mol. The number of rotatable bonds is 4. The number of anilines is 2. The number of para-hydroxylation sites is 1. The molecule has 0 N–H and O–H groups in total. The van der Waals surface area contributed by atoms with Crippen LogP contribution >= 0.6 is 39.1 Å². The number of carbonyl (C=O) groups excluding carboxylic acids is 2. The number of carbonyl (C=O) groups is 2. The lowest BCUT2D eigenvalue weighted by Crippen LogP contribution is -2.37. The van der Waals surface area contributed by atoms with Gasteiger partial charge in [-0.2, -0.15) is 0 Å². The van der Waals surface area contributed by atoms with Crippen molar-refractivity contribution in [2.45, 2.75) is 12.1 Å². The van der Waals surface area contributed by atoms with E-state index in [1.54, 1.807) is 59.7 Å². The van der Waals surface area contributed by atoms with Crippen LogP contribution in [-0.2, 0) is 14.4 Å². The van der Waals surface area contributed by atoms with Crippen LogP contribution in [0.1, 0.15) is 11.8 Å². The molecule has 1 aromatic heterocycles. The maximum atomic E-state index is 13.7. The van der Waals surface area contributed by atoms with Gasteiger partial charge in [-0.1, -0.05) is 57.3 Å². The standard InChI is InChI=1S/C27H17BrCl2N2O4/c28-15-6-9-17(10-7-15)31-26(33)23-24(32(36-25(23)27(31)34)18-4-2-1-3-5-18)22-13-12-21(35-22)19-14-16(29)8-11-20(19)30/h1-14,23-25H/t23-,24-,25+/m0/s1. The van der Waals surface area contributed by atoms with E-state index in [1.165, 1.54) is 4.90 Å². The topological polar surface area (TPSA) is 63.0 Å². The Kier molecular flexibility index (Phi) is 5.88. The second-order valence-electron chi connectivity index (χ2n) is 8.47. The number of nitrogens with zero attached hydrogens (tertiary/aromatic N) is 2. The molecule has 4 aromatic rings. The Labute approximate surface area is 225 Å². The number of benzene rings is 3. The maximum absolute atomic E-state index is 13.7. The molecule has 9 heteroatoms. The van der Waals surface area contributed by atoms with Crippen molar-refractivity contribution in [2.24, 2.45) is 5.92 Å². The third-order valence-corrected chi connectivity index (χ3v) is 7.42. The fraction of sp³-hybridized carbons (Fsp3) is 0.111. The van der Waals surface area contributed by atoms with E-state index < -0.39 is 24.0 Å². The van der Waals surface area contributed by atoms with Gasteiger partial charge in [0.05, 0.1) is 16.4 Å². The summed E-state index contributed by atoms with van der Waals surface area (Å²) < 4.78 is 7.08. The summed E-state index contributed by atoms with van der Waals surface area (Å²) in [6.07, 6.45) is -0.991. The van der Waals surface area contributed by atoms with E-state index in [0.717, 1.165) is 4.47 Å². The number of furan rings is 1. The molecule has 3 heterocycles. The first-order chi connectivity index (χ1) is 17.4. The summed E-state index contributed by atoms with van der Waals surface area (Å²) in [6.45, 7) is 0. The lowest BCUT2D eigenvalue weighted by molar-refractivity contribution is -0.126. The number of hydroxylamine groups is 1. The Balaban J connectivity index is 1.43. The zero-order valence-electron chi connectivity index (χ0n) is 18.5. The number of hydrogen-bond donors (Lipinski definition) is 0. The average molecular weight is 584 g/mol. The lowest BCUT2D eigenvalue weighted by Gasteiger charge is -2.27. The van der Waals surface area contributed by atoms with E-state index >= 15 is 0 Å². The third kappa shape index (κ3) is 3.83. The predicted octanol–water partition coefficient (Wildman–Crippen LogP) is 7.07. The Morgan fingerprint density at radius 2 is 1.56 bits per heavy atom. The molecule has 2 aliphatic rings. The highest BCUT2D eigenvalue weighted by molar-refractivity contribution is 9.10. The summed E-state index contributed by atoms with van der Waals surface area (Å²) in [5, 5.41) is 2.59. The number of amides is 2. The van der Waals surface area contributed by atoms with Crippen LogP contribution in [0.25, 0.3) is 11.3 Å². The minimum atomic E-state index is -0.991. The van der Waals surface area contributed by atoms with Crippen molar-refractivity contribution in [3.05, 3.63) is 105 Å². The molecule has 2 saturated heterocycles. The van der Waals surface area contributed by atoms with Crippen molar-refractivity contribution in [3.8, 4) is 11.3 Å². The van der Waals surface area contributed by atoms with E-state index in [-0.39, 0.29) is 5.91 Å².